The number of aryl methyl sites for hydroxylation is 1. The van der Waals surface area contributed by atoms with E-state index in [9.17, 15) is 14.4 Å². The molecule has 0 saturated heterocycles. The Kier molecular flexibility index (Phi) is 7.43. The molecule has 27 heavy (non-hydrogen) atoms. The molecule has 0 fully saturated rings. The van der Waals surface area contributed by atoms with Gasteiger partial charge in [0.15, 0.2) is 0 Å². The second-order valence-corrected chi connectivity index (χ2v) is 7.22. The molecule has 2 N–H and O–H groups in total. The van der Waals surface area contributed by atoms with Crippen molar-refractivity contribution in [3.8, 4) is 0 Å². The number of carbonyl (C=O) groups is 3. The van der Waals surface area contributed by atoms with Crippen molar-refractivity contribution < 1.29 is 14.4 Å². The van der Waals surface area contributed by atoms with Crippen molar-refractivity contribution in [1.29, 1.82) is 0 Å². The molecule has 0 aliphatic rings. The third kappa shape index (κ3) is 6.79. The molecule has 0 atom stereocenters. The number of nitrogens with zero attached hydrogens (tertiary/aromatic N) is 1. The highest BCUT2D eigenvalue weighted by Crippen LogP contribution is 2.13. The Labute approximate surface area is 163 Å². The Morgan fingerprint density at radius 3 is 2.07 bits per heavy atom. The first kappa shape index (κ1) is 20.5. The van der Waals surface area contributed by atoms with Crippen LogP contribution in [-0.4, -0.2) is 48.2 Å². The fourth-order valence-corrected chi connectivity index (χ4v) is 2.87. The van der Waals surface area contributed by atoms with Crippen LogP contribution in [-0.2, 0) is 9.59 Å². The van der Waals surface area contributed by atoms with Crippen molar-refractivity contribution >= 4 is 40.9 Å². The van der Waals surface area contributed by atoms with Gasteiger partial charge < -0.3 is 15.5 Å². The zero-order chi connectivity index (χ0) is 19.8. The summed E-state index contributed by atoms with van der Waals surface area (Å²) in [5, 5.41) is 5.53. The van der Waals surface area contributed by atoms with Gasteiger partial charge in [0, 0.05) is 31.0 Å². The topological polar surface area (TPSA) is 78.5 Å². The highest BCUT2D eigenvalue weighted by atomic mass is 32.2. The molecule has 142 valence electrons. The van der Waals surface area contributed by atoms with E-state index in [0.717, 1.165) is 11.3 Å². The monoisotopic (exact) mass is 385 g/mol. The van der Waals surface area contributed by atoms with Crippen LogP contribution in [0.25, 0.3) is 0 Å². The normalized spacial score (nSPS) is 10.2. The van der Waals surface area contributed by atoms with Crippen LogP contribution < -0.4 is 10.6 Å². The van der Waals surface area contributed by atoms with E-state index in [2.05, 4.69) is 10.6 Å². The summed E-state index contributed by atoms with van der Waals surface area (Å²) < 4.78 is 0. The van der Waals surface area contributed by atoms with Crippen molar-refractivity contribution in [1.82, 2.24) is 4.90 Å². The number of thioether (sulfide) groups is 1. The van der Waals surface area contributed by atoms with Crippen molar-refractivity contribution in [3.05, 3.63) is 59.7 Å². The van der Waals surface area contributed by atoms with Crippen LogP contribution in [0, 0.1) is 6.92 Å². The van der Waals surface area contributed by atoms with Gasteiger partial charge >= 0.3 is 0 Å². The van der Waals surface area contributed by atoms with E-state index in [4.69, 9.17) is 0 Å². The third-order valence-electron chi connectivity index (χ3n) is 3.60. The number of carbonyl (C=O) groups excluding carboxylic acids is 3. The molecule has 2 rings (SSSR count). The lowest BCUT2D eigenvalue weighted by molar-refractivity contribution is -0.114. The van der Waals surface area contributed by atoms with Crippen molar-refractivity contribution in [2.45, 2.75) is 6.92 Å². The van der Waals surface area contributed by atoms with E-state index in [1.807, 2.05) is 31.2 Å². The summed E-state index contributed by atoms with van der Waals surface area (Å²) in [5.74, 6) is -0.186. The quantitative estimate of drug-likeness (QED) is 0.768. The van der Waals surface area contributed by atoms with Gasteiger partial charge in [0.2, 0.25) is 11.8 Å². The van der Waals surface area contributed by atoms with Gasteiger partial charge in [0.1, 0.15) is 0 Å². The molecule has 0 aliphatic carbocycles. The van der Waals surface area contributed by atoms with Crippen molar-refractivity contribution in [2.75, 3.05) is 36.2 Å². The van der Waals surface area contributed by atoms with Crippen LogP contribution in [0.5, 0.6) is 0 Å². The van der Waals surface area contributed by atoms with Crippen LogP contribution in [0.1, 0.15) is 15.9 Å². The second-order valence-electron chi connectivity index (χ2n) is 6.24. The van der Waals surface area contributed by atoms with E-state index in [1.54, 1.807) is 38.4 Å². The first-order valence-corrected chi connectivity index (χ1v) is 9.56. The van der Waals surface area contributed by atoms with Crippen LogP contribution >= 0.6 is 11.8 Å². The molecule has 2 aromatic rings. The van der Waals surface area contributed by atoms with Crippen LogP contribution in [0.4, 0.5) is 11.4 Å². The lowest BCUT2D eigenvalue weighted by Crippen LogP contribution is -2.22. The van der Waals surface area contributed by atoms with Crippen LogP contribution in [0.15, 0.2) is 48.5 Å². The number of nitrogens with one attached hydrogen (secondary N) is 2. The number of hydrogen-bond acceptors (Lipinski definition) is 4. The molecule has 7 heteroatoms. The fraction of sp³-hybridized carbons (Fsp3) is 0.250. The second kappa shape index (κ2) is 9.78. The van der Waals surface area contributed by atoms with Gasteiger partial charge in [-0.05, 0) is 37.3 Å². The first-order chi connectivity index (χ1) is 12.8. The van der Waals surface area contributed by atoms with E-state index in [1.165, 1.54) is 16.7 Å². The predicted octanol–water partition coefficient (Wildman–Crippen LogP) is 3.01. The number of amides is 3. The summed E-state index contributed by atoms with van der Waals surface area (Å²) in [4.78, 5) is 37.4. The summed E-state index contributed by atoms with van der Waals surface area (Å²) in [6.45, 7) is 1.98. The van der Waals surface area contributed by atoms with Gasteiger partial charge in [0.05, 0.1) is 11.5 Å². The molecular weight excluding hydrogens is 362 g/mol. The minimum atomic E-state index is -0.224. The maximum absolute atomic E-state index is 12.0. The van der Waals surface area contributed by atoms with E-state index in [0.29, 0.717) is 11.3 Å². The molecule has 0 unspecified atom stereocenters. The standard InChI is InChI=1S/C20H23N3O3S/c1-14-7-9-16(10-8-14)21-18(24)12-27-13-19(25)22-17-6-4-5-15(11-17)20(26)23(2)3/h4-11H,12-13H2,1-3H3,(H,21,24)(H,22,25). The average Bonchev–Trinajstić information content (AvgIpc) is 2.63. The molecule has 3 amide bonds. The number of rotatable bonds is 7. The minimum Gasteiger partial charge on any atom is -0.345 e. The third-order valence-corrected chi connectivity index (χ3v) is 4.53. The molecular formula is C20H23N3O3S. The summed E-state index contributed by atoms with van der Waals surface area (Å²) >= 11 is 1.23. The minimum absolute atomic E-state index is 0.131. The SMILES string of the molecule is Cc1ccc(NC(=O)CSCC(=O)Nc2cccc(C(=O)N(C)C)c2)cc1. The smallest absolute Gasteiger partial charge is 0.253 e. The zero-order valence-electron chi connectivity index (χ0n) is 15.6. The van der Waals surface area contributed by atoms with Crippen LogP contribution in [0.2, 0.25) is 0 Å². The van der Waals surface area contributed by atoms with Gasteiger partial charge in [-0.2, -0.15) is 0 Å². The van der Waals surface area contributed by atoms with Crippen LogP contribution in [0.3, 0.4) is 0 Å². The Bertz CT molecular complexity index is 819. The molecule has 0 spiro atoms. The Balaban J connectivity index is 1.77. The number of hydrogen-bond donors (Lipinski definition) is 2. The molecule has 0 bridgehead atoms. The van der Waals surface area contributed by atoms with Gasteiger partial charge in [-0.1, -0.05) is 23.8 Å². The van der Waals surface area contributed by atoms with Gasteiger partial charge in [0.25, 0.3) is 5.91 Å². The Hall–Kier alpha value is -2.80. The van der Waals surface area contributed by atoms with Gasteiger partial charge in [-0.25, -0.2) is 0 Å². The number of benzene rings is 2. The van der Waals surface area contributed by atoms with Crippen molar-refractivity contribution in [3.63, 3.8) is 0 Å². The summed E-state index contributed by atoms with van der Waals surface area (Å²) in [6, 6.07) is 14.3. The Morgan fingerprint density at radius 2 is 1.48 bits per heavy atom. The average molecular weight is 385 g/mol. The highest BCUT2D eigenvalue weighted by Gasteiger charge is 2.10. The summed E-state index contributed by atoms with van der Waals surface area (Å²) in [5.41, 5.74) is 2.91. The molecule has 0 saturated carbocycles. The van der Waals surface area contributed by atoms with E-state index in [-0.39, 0.29) is 29.2 Å². The highest BCUT2D eigenvalue weighted by molar-refractivity contribution is 8.00. The molecule has 0 heterocycles. The summed E-state index contributed by atoms with van der Waals surface area (Å²) in [7, 11) is 3.35. The molecule has 0 aromatic heterocycles. The van der Waals surface area contributed by atoms with Crippen molar-refractivity contribution in [2.24, 2.45) is 0 Å². The molecule has 0 aliphatic heterocycles. The maximum Gasteiger partial charge on any atom is 0.253 e. The molecule has 0 radical (unpaired) electrons. The lowest BCUT2D eigenvalue weighted by atomic mass is 10.2. The largest absolute Gasteiger partial charge is 0.345 e. The first-order valence-electron chi connectivity index (χ1n) is 8.41. The zero-order valence-corrected chi connectivity index (χ0v) is 16.4. The maximum atomic E-state index is 12.0. The predicted molar refractivity (Wildman–Crippen MR) is 110 cm³/mol. The van der Waals surface area contributed by atoms with E-state index >= 15 is 0 Å². The van der Waals surface area contributed by atoms with E-state index < -0.39 is 0 Å². The lowest BCUT2D eigenvalue weighted by Gasteiger charge is -2.11. The fourth-order valence-electron chi connectivity index (χ4n) is 2.26. The number of anilines is 2. The van der Waals surface area contributed by atoms with Gasteiger partial charge in [-0.3, -0.25) is 14.4 Å². The van der Waals surface area contributed by atoms with Gasteiger partial charge in [-0.15, -0.1) is 11.8 Å². The summed E-state index contributed by atoms with van der Waals surface area (Å²) in [6.07, 6.45) is 0. The molecule has 2 aromatic carbocycles. The molecule has 6 nitrogen and oxygen atoms in total. The Morgan fingerprint density at radius 1 is 0.889 bits per heavy atom.